The van der Waals surface area contributed by atoms with Crippen LogP contribution < -0.4 is 4.72 Å². The van der Waals surface area contributed by atoms with Crippen LogP contribution >= 0.6 is 0 Å². The predicted octanol–water partition coefficient (Wildman–Crippen LogP) is -1.08. The number of rotatable bonds is 5. The molecule has 0 aliphatic heterocycles. The summed E-state index contributed by atoms with van der Waals surface area (Å²) in [6, 6.07) is 0. The lowest BCUT2D eigenvalue weighted by Crippen LogP contribution is -2.34. The summed E-state index contributed by atoms with van der Waals surface area (Å²) in [5.74, 6) is 0.184. The molecule has 0 fully saturated rings. The van der Waals surface area contributed by atoms with E-state index in [1.54, 1.807) is 0 Å². The second kappa shape index (κ2) is 4.91. The van der Waals surface area contributed by atoms with Crippen LogP contribution in [0.2, 0.25) is 0 Å². The number of nitrogens with one attached hydrogen (secondary N) is 1. The molecule has 0 aromatic carbocycles. The Hall–Kier alpha value is -0.960. The normalized spacial score (nSPS) is 14.0. The highest BCUT2D eigenvalue weighted by Gasteiger charge is 2.24. The molecule has 92 valence electrons. The molecule has 0 radical (unpaired) electrons. The lowest BCUT2D eigenvalue weighted by atomic mass is 10.4. The smallest absolute Gasteiger partial charge is 0.246 e. The Morgan fingerprint density at radius 1 is 1.50 bits per heavy atom. The first-order valence-corrected chi connectivity index (χ1v) is 6.08. The standard InChI is InChI=1S/C8H14N2O5S/c1-5-8(6(2)15-10-5)16(13,14)9-3-7(12)4-11/h7,9,11-12H,3-4H2,1-2H3. The van der Waals surface area contributed by atoms with Crippen molar-refractivity contribution in [3.8, 4) is 0 Å². The summed E-state index contributed by atoms with van der Waals surface area (Å²) in [5.41, 5.74) is 0.253. The summed E-state index contributed by atoms with van der Waals surface area (Å²) in [7, 11) is -3.76. The van der Waals surface area contributed by atoms with E-state index in [1.807, 2.05) is 0 Å². The molecule has 7 nitrogen and oxygen atoms in total. The first-order chi connectivity index (χ1) is 7.38. The molecule has 0 spiro atoms. The third-order valence-corrected chi connectivity index (χ3v) is 3.62. The van der Waals surface area contributed by atoms with Crippen molar-refractivity contribution in [3.05, 3.63) is 11.5 Å². The molecule has 3 N–H and O–H groups in total. The van der Waals surface area contributed by atoms with Crippen molar-refractivity contribution < 1.29 is 23.2 Å². The van der Waals surface area contributed by atoms with Gasteiger partial charge in [0.2, 0.25) is 10.0 Å². The van der Waals surface area contributed by atoms with E-state index in [0.29, 0.717) is 0 Å². The quantitative estimate of drug-likeness (QED) is 0.613. The third-order valence-electron chi connectivity index (χ3n) is 1.96. The zero-order chi connectivity index (χ0) is 12.3. The first-order valence-electron chi connectivity index (χ1n) is 4.60. The molecule has 1 rings (SSSR count). The molecule has 0 saturated carbocycles. The van der Waals surface area contributed by atoms with Gasteiger partial charge in [-0.15, -0.1) is 0 Å². The largest absolute Gasteiger partial charge is 0.394 e. The minimum Gasteiger partial charge on any atom is -0.394 e. The van der Waals surface area contributed by atoms with E-state index in [4.69, 9.17) is 14.7 Å². The fourth-order valence-corrected chi connectivity index (χ4v) is 2.60. The Balaban J connectivity index is 2.87. The van der Waals surface area contributed by atoms with Gasteiger partial charge in [0, 0.05) is 6.54 Å². The number of aromatic nitrogens is 1. The Morgan fingerprint density at radius 3 is 2.56 bits per heavy atom. The van der Waals surface area contributed by atoms with Crippen molar-refractivity contribution in [1.29, 1.82) is 0 Å². The van der Waals surface area contributed by atoms with Crippen LogP contribution in [0.3, 0.4) is 0 Å². The van der Waals surface area contributed by atoms with Gasteiger partial charge in [-0.2, -0.15) is 0 Å². The van der Waals surface area contributed by atoms with Gasteiger partial charge in [-0.3, -0.25) is 0 Å². The second-order valence-corrected chi connectivity index (χ2v) is 5.05. The number of hydrogen-bond donors (Lipinski definition) is 3. The molecular weight excluding hydrogens is 236 g/mol. The summed E-state index contributed by atoms with van der Waals surface area (Å²) in [6.45, 7) is 2.22. The molecular formula is C8H14N2O5S. The predicted molar refractivity (Wildman–Crippen MR) is 54.3 cm³/mol. The summed E-state index contributed by atoms with van der Waals surface area (Å²) in [6.07, 6.45) is -1.13. The fourth-order valence-electron chi connectivity index (χ4n) is 1.20. The van der Waals surface area contributed by atoms with Crippen molar-refractivity contribution in [2.75, 3.05) is 13.2 Å². The van der Waals surface area contributed by atoms with Crippen LogP contribution in [0.15, 0.2) is 9.42 Å². The van der Waals surface area contributed by atoms with Crippen LogP contribution in [0.1, 0.15) is 11.5 Å². The summed E-state index contributed by atoms with van der Waals surface area (Å²) < 4.78 is 30.4. The van der Waals surface area contributed by atoms with Crippen LogP contribution in [-0.4, -0.2) is 43.0 Å². The molecule has 1 atom stereocenters. The second-order valence-electron chi connectivity index (χ2n) is 3.34. The first kappa shape index (κ1) is 13.1. The van der Waals surface area contributed by atoms with E-state index in [0.717, 1.165) is 0 Å². The van der Waals surface area contributed by atoms with Crippen molar-refractivity contribution in [2.45, 2.75) is 24.8 Å². The van der Waals surface area contributed by atoms with E-state index in [9.17, 15) is 8.42 Å². The average Bonchev–Trinajstić information content (AvgIpc) is 2.55. The third kappa shape index (κ3) is 2.79. The Bertz CT molecular complexity index is 433. The van der Waals surface area contributed by atoms with Crippen LogP contribution in [0.5, 0.6) is 0 Å². The molecule has 8 heteroatoms. The number of hydrogen-bond acceptors (Lipinski definition) is 6. The monoisotopic (exact) mass is 250 g/mol. The highest BCUT2D eigenvalue weighted by Crippen LogP contribution is 2.18. The SMILES string of the molecule is Cc1noc(C)c1S(=O)(=O)NCC(O)CO. The molecule has 16 heavy (non-hydrogen) atoms. The number of aliphatic hydroxyl groups excluding tert-OH is 2. The van der Waals surface area contributed by atoms with Gasteiger partial charge >= 0.3 is 0 Å². The van der Waals surface area contributed by atoms with Gasteiger partial charge in [0.15, 0.2) is 5.76 Å². The maximum absolute atomic E-state index is 11.8. The molecule has 1 heterocycles. The van der Waals surface area contributed by atoms with E-state index in [1.165, 1.54) is 13.8 Å². The van der Waals surface area contributed by atoms with E-state index in [-0.39, 0.29) is 22.9 Å². The summed E-state index contributed by atoms with van der Waals surface area (Å²) in [4.78, 5) is -0.0300. The number of aliphatic hydroxyl groups is 2. The lowest BCUT2D eigenvalue weighted by molar-refractivity contribution is 0.0988. The van der Waals surface area contributed by atoms with Crippen molar-refractivity contribution >= 4 is 10.0 Å². The molecule has 1 unspecified atom stereocenters. The summed E-state index contributed by atoms with van der Waals surface area (Å²) >= 11 is 0. The van der Waals surface area contributed by atoms with Gasteiger partial charge in [0.1, 0.15) is 10.6 Å². The van der Waals surface area contributed by atoms with Gasteiger partial charge in [0.25, 0.3) is 0 Å². The van der Waals surface area contributed by atoms with Crippen LogP contribution in [-0.2, 0) is 10.0 Å². The molecule has 0 aliphatic carbocycles. The van der Waals surface area contributed by atoms with Gasteiger partial charge in [-0.25, -0.2) is 13.1 Å². The number of nitrogens with zero attached hydrogens (tertiary/aromatic N) is 1. The Morgan fingerprint density at radius 2 is 2.12 bits per heavy atom. The maximum atomic E-state index is 11.8. The topological polar surface area (TPSA) is 113 Å². The van der Waals surface area contributed by atoms with Crippen molar-refractivity contribution in [2.24, 2.45) is 0 Å². The van der Waals surface area contributed by atoms with Crippen LogP contribution in [0.25, 0.3) is 0 Å². The van der Waals surface area contributed by atoms with Gasteiger partial charge < -0.3 is 14.7 Å². The number of sulfonamides is 1. The van der Waals surface area contributed by atoms with Crippen LogP contribution in [0.4, 0.5) is 0 Å². The van der Waals surface area contributed by atoms with Crippen molar-refractivity contribution in [1.82, 2.24) is 9.88 Å². The molecule has 1 aromatic rings. The molecule has 1 aromatic heterocycles. The Kier molecular flexibility index (Phi) is 4.03. The zero-order valence-electron chi connectivity index (χ0n) is 8.97. The van der Waals surface area contributed by atoms with E-state index < -0.39 is 22.7 Å². The zero-order valence-corrected chi connectivity index (χ0v) is 9.78. The highest BCUT2D eigenvalue weighted by atomic mass is 32.2. The molecule has 0 bridgehead atoms. The summed E-state index contributed by atoms with van der Waals surface area (Å²) in [5, 5.41) is 21.1. The van der Waals surface area contributed by atoms with Crippen LogP contribution in [0, 0.1) is 13.8 Å². The van der Waals surface area contributed by atoms with Gasteiger partial charge in [-0.1, -0.05) is 5.16 Å². The minimum absolute atomic E-state index is 0.0300. The highest BCUT2D eigenvalue weighted by molar-refractivity contribution is 7.89. The van der Waals surface area contributed by atoms with Crippen molar-refractivity contribution in [3.63, 3.8) is 0 Å². The van der Waals surface area contributed by atoms with E-state index in [2.05, 4.69) is 9.88 Å². The molecule has 0 aliphatic rings. The fraction of sp³-hybridized carbons (Fsp3) is 0.625. The maximum Gasteiger partial charge on any atom is 0.246 e. The molecule has 0 amide bonds. The molecule has 0 saturated heterocycles. The lowest BCUT2D eigenvalue weighted by Gasteiger charge is -2.09. The number of aryl methyl sites for hydroxylation is 2. The van der Waals surface area contributed by atoms with Gasteiger partial charge in [-0.05, 0) is 13.8 Å². The minimum atomic E-state index is -3.76. The van der Waals surface area contributed by atoms with Gasteiger partial charge in [0.05, 0.1) is 12.7 Å². The Labute approximate surface area is 93.1 Å². The average molecular weight is 250 g/mol. The van der Waals surface area contributed by atoms with E-state index >= 15 is 0 Å².